The van der Waals surface area contributed by atoms with Gasteiger partial charge in [0.2, 0.25) is 5.91 Å². The number of alkyl halides is 3. The number of nitrogens with one attached hydrogen (secondary N) is 1. The number of carbonyl (C=O) groups is 2. The number of amides is 2. The maximum atomic E-state index is 12.5. The van der Waals surface area contributed by atoms with Gasteiger partial charge in [-0.15, -0.1) is 0 Å². The van der Waals surface area contributed by atoms with Crippen LogP contribution in [0.3, 0.4) is 0 Å². The van der Waals surface area contributed by atoms with Gasteiger partial charge in [-0.1, -0.05) is 0 Å². The summed E-state index contributed by atoms with van der Waals surface area (Å²) in [6, 6.07) is 8.02. The maximum absolute atomic E-state index is 12.5. The zero-order valence-corrected chi connectivity index (χ0v) is 12.5. The molecule has 0 saturated heterocycles. The number of carbonyl (C=O) groups excluding carboxylic acids is 2. The predicted octanol–water partition coefficient (Wildman–Crippen LogP) is 3.07. The van der Waals surface area contributed by atoms with Crippen molar-refractivity contribution in [3.05, 3.63) is 59.2 Å². The van der Waals surface area contributed by atoms with E-state index in [1.54, 1.807) is 0 Å². The minimum atomic E-state index is -4.46. The second kappa shape index (κ2) is 6.61. The highest BCUT2D eigenvalue weighted by atomic mass is 19.4. The molecule has 2 aromatic carbocycles. The molecule has 0 unspecified atom stereocenters. The molecule has 2 rings (SSSR count). The molecule has 2 aromatic rings. The number of halogens is 3. The van der Waals surface area contributed by atoms with E-state index < -0.39 is 23.6 Å². The number of benzene rings is 2. The Morgan fingerprint density at radius 3 is 2.21 bits per heavy atom. The van der Waals surface area contributed by atoms with Gasteiger partial charge in [-0.2, -0.15) is 13.2 Å². The monoisotopic (exact) mass is 338 g/mol. The lowest BCUT2D eigenvalue weighted by Crippen LogP contribution is -2.16. The molecule has 0 aromatic heterocycles. The zero-order valence-electron chi connectivity index (χ0n) is 12.5. The SMILES string of the molecule is COc1ccc(C(N)=O)cc1C(=O)Nc1ccc(C(F)(F)F)cc1. The Kier molecular flexibility index (Phi) is 4.77. The van der Waals surface area contributed by atoms with Gasteiger partial charge in [0.25, 0.3) is 5.91 Å². The van der Waals surface area contributed by atoms with Gasteiger partial charge < -0.3 is 15.8 Å². The Bertz CT molecular complexity index is 771. The molecule has 8 heteroatoms. The second-order valence-electron chi connectivity index (χ2n) is 4.81. The highest BCUT2D eigenvalue weighted by molar-refractivity contribution is 6.07. The maximum Gasteiger partial charge on any atom is 0.416 e. The molecule has 0 heterocycles. The Morgan fingerprint density at radius 2 is 1.71 bits per heavy atom. The molecule has 24 heavy (non-hydrogen) atoms. The summed E-state index contributed by atoms with van der Waals surface area (Å²) in [6.07, 6.45) is -4.46. The van der Waals surface area contributed by atoms with Crippen LogP contribution in [0.25, 0.3) is 0 Å². The molecule has 126 valence electrons. The summed E-state index contributed by atoms with van der Waals surface area (Å²) in [5.41, 5.74) is 4.65. The molecule has 5 nitrogen and oxygen atoms in total. The first-order chi connectivity index (χ1) is 11.2. The van der Waals surface area contributed by atoms with Crippen molar-refractivity contribution in [2.24, 2.45) is 5.73 Å². The largest absolute Gasteiger partial charge is 0.496 e. The Balaban J connectivity index is 2.26. The summed E-state index contributed by atoms with van der Waals surface area (Å²) in [7, 11) is 1.34. The van der Waals surface area contributed by atoms with Crippen molar-refractivity contribution in [3.8, 4) is 5.75 Å². The fourth-order valence-electron chi connectivity index (χ4n) is 1.98. The van der Waals surface area contributed by atoms with E-state index in [-0.39, 0.29) is 22.6 Å². The Hall–Kier alpha value is -3.03. The number of rotatable bonds is 4. The molecule has 0 radical (unpaired) electrons. The van der Waals surface area contributed by atoms with Crippen LogP contribution in [-0.4, -0.2) is 18.9 Å². The molecule has 2 amide bonds. The third-order valence-corrected chi connectivity index (χ3v) is 3.20. The molecule has 0 aliphatic rings. The predicted molar refractivity (Wildman–Crippen MR) is 80.9 cm³/mol. The third-order valence-electron chi connectivity index (χ3n) is 3.20. The van der Waals surface area contributed by atoms with Gasteiger partial charge >= 0.3 is 6.18 Å². The summed E-state index contributed by atoms with van der Waals surface area (Å²) in [5.74, 6) is -1.17. The lowest BCUT2D eigenvalue weighted by atomic mass is 10.1. The minimum Gasteiger partial charge on any atom is -0.496 e. The van der Waals surface area contributed by atoms with Gasteiger partial charge in [0.1, 0.15) is 5.75 Å². The van der Waals surface area contributed by atoms with Gasteiger partial charge in [0.05, 0.1) is 18.2 Å². The highest BCUT2D eigenvalue weighted by Crippen LogP contribution is 2.30. The summed E-state index contributed by atoms with van der Waals surface area (Å²) < 4.78 is 42.6. The highest BCUT2D eigenvalue weighted by Gasteiger charge is 2.30. The lowest BCUT2D eigenvalue weighted by molar-refractivity contribution is -0.137. The number of nitrogens with two attached hydrogens (primary N) is 1. The molecule has 0 atom stereocenters. The number of ether oxygens (including phenoxy) is 1. The first-order valence-electron chi connectivity index (χ1n) is 6.69. The van der Waals surface area contributed by atoms with Crippen molar-refractivity contribution in [1.29, 1.82) is 0 Å². The van der Waals surface area contributed by atoms with Crippen LogP contribution in [0.1, 0.15) is 26.3 Å². The average Bonchev–Trinajstić information content (AvgIpc) is 2.53. The normalized spacial score (nSPS) is 11.0. The molecule has 0 aliphatic carbocycles. The quantitative estimate of drug-likeness (QED) is 0.899. The summed E-state index contributed by atoms with van der Waals surface area (Å²) >= 11 is 0. The first-order valence-corrected chi connectivity index (χ1v) is 6.69. The molecular formula is C16H13F3N2O3. The van der Waals surface area contributed by atoms with Crippen molar-refractivity contribution >= 4 is 17.5 Å². The van der Waals surface area contributed by atoms with Crippen molar-refractivity contribution in [2.45, 2.75) is 6.18 Å². The van der Waals surface area contributed by atoms with E-state index in [9.17, 15) is 22.8 Å². The van der Waals surface area contributed by atoms with Gasteiger partial charge in [-0.3, -0.25) is 9.59 Å². The molecule has 3 N–H and O–H groups in total. The summed E-state index contributed by atoms with van der Waals surface area (Å²) in [6.45, 7) is 0. The van der Waals surface area contributed by atoms with Gasteiger partial charge in [0, 0.05) is 11.3 Å². The number of methoxy groups -OCH3 is 1. The van der Waals surface area contributed by atoms with Crippen LogP contribution in [-0.2, 0) is 6.18 Å². The van der Waals surface area contributed by atoms with Crippen LogP contribution < -0.4 is 15.8 Å². The van der Waals surface area contributed by atoms with Gasteiger partial charge in [-0.05, 0) is 42.5 Å². The van der Waals surface area contributed by atoms with Crippen LogP contribution in [0.2, 0.25) is 0 Å². The zero-order chi connectivity index (χ0) is 17.9. The van der Waals surface area contributed by atoms with Crippen LogP contribution in [0.4, 0.5) is 18.9 Å². The van der Waals surface area contributed by atoms with E-state index in [1.165, 1.54) is 25.3 Å². The Labute approximate surface area is 135 Å². The summed E-state index contributed by atoms with van der Waals surface area (Å²) in [5, 5.41) is 2.44. The Morgan fingerprint density at radius 1 is 1.08 bits per heavy atom. The number of primary amides is 1. The summed E-state index contributed by atoms with van der Waals surface area (Å²) in [4.78, 5) is 23.5. The molecule has 0 bridgehead atoms. The van der Waals surface area contributed by atoms with Gasteiger partial charge in [0.15, 0.2) is 0 Å². The van der Waals surface area contributed by atoms with E-state index in [0.717, 1.165) is 24.3 Å². The van der Waals surface area contributed by atoms with Crippen LogP contribution >= 0.6 is 0 Å². The second-order valence-corrected chi connectivity index (χ2v) is 4.81. The van der Waals surface area contributed by atoms with E-state index in [2.05, 4.69) is 5.32 Å². The third kappa shape index (κ3) is 3.83. The van der Waals surface area contributed by atoms with E-state index in [1.807, 2.05) is 0 Å². The smallest absolute Gasteiger partial charge is 0.416 e. The average molecular weight is 338 g/mol. The lowest BCUT2D eigenvalue weighted by Gasteiger charge is -2.11. The van der Waals surface area contributed by atoms with Crippen molar-refractivity contribution in [1.82, 2.24) is 0 Å². The topological polar surface area (TPSA) is 81.4 Å². The van der Waals surface area contributed by atoms with Crippen molar-refractivity contribution < 1.29 is 27.5 Å². The van der Waals surface area contributed by atoms with Gasteiger partial charge in [-0.25, -0.2) is 0 Å². The molecular weight excluding hydrogens is 325 g/mol. The van der Waals surface area contributed by atoms with Crippen LogP contribution in [0, 0.1) is 0 Å². The molecule has 0 saturated carbocycles. The molecule has 0 aliphatic heterocycles. The van der Waals surface area contributed by atoms with Crippen LogP contribution in [0.5, 0.6) is 5.75 Å². The number of anilines is 1. The number of hydrogen-bond donors (Lipinski definition) is 2. The minimum absolute atomic E-state index is 0.0358. The van der Waals surface area contributed by atoms with E-state index in [4.69, 9.17) is 10.5 Å². The van der Waals surface area contributed by atoms with Crippen molar-refractivity contribution in [2.75, 3.05) is 12.4 Å². The number of hydrogen-bond acceptors (Lipinski definition) is 3. The van der Waals surface area contributed by atoms with Crippen LogP contribution in [0.15, 0.2) is 42.5 Å². The fraction of sp³-hybridized carbons (Fsp3) is 0.125. The molecule has 0 spiro atoms. The molecule has 0 fully saturated rings. The standard InChI is InChI=1S/C16H13F3N2O3/c1-24-13-7-2-9(14(20)22)8-12(13)15(23)21-11-5-3-10(4-6-11)16(17,18)19/h2-8H,1H3,(H2,20,22)(H,21,23). The first kappa shape index (κ1) is 17.3. The van der Waals surface area contributed by atoms with E-state index >= 15 is 0 Å². The fourth-order valence-corrected chi connectivity index (χ4v) is 1.98. The van der Waals surface area contributed by atoms with Crippen molar-refractivity contribution in [3.63, 3.8) is 0 Å². The van der Waals surface area contributed by atoms with E-state index in [0.29, 0.717) is 0 Å².